The smallest absolute Gasteiger partial charge is 0.234 e. The van der Waals surface area contributed by atoms with Gasteiger partial charge in [-0.25, -0.2) is 0 Å². The lowest BCUT2D eigenvalue weighted by molar-refractivity contribution is -0.123. The van der Waals surface area contributed by atoms with E-state index in [1.807, 2.05) is 36.4 Å². The van der Waals surface area contributed by atoms with Crippen molar-refractivity contribution in [3.8, 4) is 11.5 Å². The Kier molecular flexibility index (Phi) is 7.90. The van der Waals surface area contributed by atoms with Crippen molar-refractivity contribution in [2.24, 2.45) is 5.92 Å². The number of piperazine rings is 1. The summed E-state index contributed by atoms with van der Waals surface area (Å²) >= 11 is 6.14. The highest BCUT2D eigenvalue weighted by atomic mass is 35.5. The SMILES string of the molecule is COc1ccc(C(NC(=O)CN2CCN(CCOc3ccccc3Cl)CC2)C2CC2)cc1. The number of benzene rings is 2. The molecule has 1 amide bonds. The molecule has 1 unspecified atom stereocenters. The highest BCUT2D eigenvalue weighted by Crippen LogP contribution is 2.41. The Labute approximate surface area is 195 Å². The van der Waals surface area contributed by atoms with Crippen LogP contribution in [0.5, 0.6) is 11.5 Å². The number of carbonyl (C=O) groups excluding carboxylic acids is 1. The molecule has 32 heavy (non-hydrogen) atoms. The minimum atomic E-state index is 0.0941. The van der Waals surface area contributed by atoms with Crippen LogP contribution in [0.3, 0.4) is 0 Å². The van der Waals surface area contributed by atoms with Gasteiger partial charge in [0.05, 0.1) is 24.7 Å². The molecule has 1 saturated heterocycles. The summed E-state index contributed by atoms with van der Waals surface area (Å²) in [5.41, 5.74) is 1.16. The zero-order valence-corrected chi connectivity index (χ0v) is 19.4. The third-order valence-electron chi connectivity index (χ3n) is 6.22. The van der Waals surface area contributed by atoms with E-state index in [2.05, 4.69) is 27.2 Å². The molecular formula is C25H32ClN3O3. The Morgan fingerprint density at radius 1 is 1.06 bits per heavy atom. The van der Waals surface area contributed by atoms with E-state index in [9.17, 15) is 4.79 Å². The Morgan fingerprint density at radius 3 is 2.41 bits per heavy atom. The molecule has 6 nitrogen and oxygen atoms in total. The number of hydrogen-bond acceptors (Lipinski definition) is 5. The van der Waals surface area contributed by atoms with Crippen LogP contribution in [0.2, 0.25) is 5.02 Å². The van der Waals surface area contributed by atoms with Crippen molar-refractivity contribution in [3.63, 3.8) is 0 Å². The maximum absolute atomic E-state index is 12.8. The number of para-hydroxylation sites is 1. The molecule has 1 aliphatic heterocycles. The quantitative estimate of drug-likeness (QED) is 0.590. The van der Waals surface area contributed by atoms with Crippen molar-refractivity contribution < 1.29 is 14.3 Å². The fourth-order valence-electron chi connectivity index (χ4n) is 4.15. The summed E-state index contributed by atoms with van der Waals surface area (Å²) in [4.78, 5) is 17.4. The summed E-state index contributed by atoms with van der Waals surface area (Å²) in [6, 6.07) is 15.7. The van der Waals surface area contributed by atoms with Crippen molar-refractivity contribution in [2.75, 3.05) is 53.0 Å². The maximum atomic E-state index is 12.8. The van der Waals surface area contributed by atoms with Gasteiger partial charge in [0.25, 0.3) is 0 Å². The minimum absolute atomic E-state index is 0.0941. The van der Waals surface area contributed by atoms with Gasteiger partial charge in [-0.1, -0.05) is 35.9 Å². The molecule has 2 fully saturated rings. The van der Waals surface area contributed by atoms with E-state index in [-0.39, 0.29) is 11.9 Å². The first-order valence-electron chi connectivity index (χ1n) is 11.4. The number of nitrogens with zero attached hydrogens (tertiary/aromatic N) is 2. The van der Waals surface area contributed by atoms with Crippen LogP contribution in [-0.2, 0) is 4.79 Å². The van der Waals surface area contributed by atoms with E-state index in [4.69, 9.17) is 21.1 Å². The van der Waals surface area contributed by atoms with E-state index in [1.54, 1.807) is 7.11 Å². The maximum Gasteiger partial charge on any atom is 0.234 e. The van der Waals surface area contributed by atoms with Crippen LogP contribution in [0.15, 0.2) is 48.5 Å². The fourth-order valence-corrected chi connectivity index (χ4v) is 4.34. The summed E-state index contributed by atoms with van der Waals surface area (Å²) in [6.45, 7) is 5.55. The minimum Gasteiger partial charge on any atom is -0.497 e. The van der Waals surface area contributed by atoms with Crippen LogP contribution >= 0.6 is 11.6 Å². The average Bonchev–Trinajstić information content (AvgIpc) is 3.65. The Morgan fingerprint density at radius 2 is 1.75 bits per heavy atom. The lowest BCUT2D eigenvalue weighted by Gasteiger charge is -2.34. The van der Waals surface area contributed by atoms with Crippen LogP contribution in [0.1, 0.15) is 24.4 Å². The van der Waals surface area contributed by atoms with E-state index in [1.165, 1.54) is 12.8 Å². The van der Waals surface area contributed by atoms with Crippen LogP contribution in [0.4, 0.5) is 0 Å². The lowest BCUT2D eigenvalue weighted by atomic mass is 10.0. The number of rotatable bonds is 10. The Balaban J connectivity index is 1.19. The predicted octanol–water partition coefficient (Wildman–Crippen LogP) is 3.61. The summed E-state index contributed by atoms with van der Waals surface area (Å²) < 4.78 is 11.1. The zero-order valence-electron chi connectivity index (χ0n) is 18.6. The molecule has 172 valence electrons. The fraction of sp³-hybridized carbons (Fsp3) is 0.480. The molecule has 1 heterocycles. The number of methoxy groups -OCH3 is 1. The van der Waals surface area contributed by atoms with Crippen molar-refractivity contribution in [1.29, 1.82) is 0 Å². The Hall–Kier alpha value is -2.28. The second-order valence-electron chi connectivity index (χ2n) is 8.55. The van der Waals surface area contributed by atoms with Gasteiger partial charge in [0.1, 0.15) is 18.1 Å². The van der Waals surface area contributed by atoms with Gasteiger partial charge in [0, 0.05) is 32.7 Å². The van der Waals surface area contributed by atoms with Gasteiger partial charge in [-0.3, -0.25) is 14.6 Å². The van der Waals surface area contributed by atoms with Gasteiger partial charge in [-0.15, -0.1) is 0 Å². The van der Waals surface area contributed by atoms with Gasteiger partial charge >= 0.3 is 0 Å². The van der Waals surface area contributed by atoms with E-state index >= 15 is 0 Å². The molecule has 1 aliphatic carbocycles. The summed E-state index contributed by atoms with van der Waals surface area (Å²) in [5.74, 6) is 2.21. The summed E-state index contributed by atoms with van der Waals surface area (Å²) in [5, 5.41) is 3.92. The molecule has 4 rings (SSSR count). The monoisotopic (exact) mass is 457 g/mol. The van der Waals surface area contributed by atoms with Crippen molar-refractivity contribution in [3.05, 3.63) is 59.1 Å². The van der Waals surface area contributed by atoms with Gasteiger partial charge in [-0.05, 0) is 48.6 Å². The van der Waals surface area contributed by atoms with E-state index < -0.39 is 0 Å². The second kappa shape index (κ2) is 11.0. The Bertz CT molecular complexity index is 880. The first-order chi connectivity index (χ1) is 15.6. The normalized spacial score (nSPS) is 18.2. The largest absolute Gasteiger partial charge is 0.497 e. The number of carbonyl (C=O) groups is 1. The number of ether oxygens (including phenoxy) is 2. The molecule has 0 spiro atoms. The van der Waals surface area contributed by atoms with Gasteiger partial charge in [-0.2, -0.15) is 0 Å². The third kappa shape index (κ3) is 6.37. The topological polar surface area (TPSA) is 54.0 Å². The first-order valence-corrected chi connectivity index (χ1v) is 11.8. The predicted molar refractivity (Wildman–Crippen MR) is 126 cm³/mol. The standard InChI is InChI=1S/C25H32ClN3O3/c1-31-21-10-8-20(9-11-21)25(19-6-7-19)27-24(30)18-29-14-12-28(13-15-29)16-17-32-23-5-3-2-4-22(23)26/h2-5,8-11,19,25H,6-7,12-18H2,1H3,(H,27,30). The zero-order chi connectivity index (χ0) is 22.3. The van der Waals surface area contributed by atoms with E-state index in [0.717, 1.165) is 49.8 Å². The van der Waals surface area contributed by atoms with Gasteiger partial charge in [0.15, 0.2) is 0 Å². The first kappa shape index (κ1) is 22.9. The van der Waals surface area contributed by atoms with Gasteiger partial charge in [0.2, 0.25) is 5.91 Å². The molecular weight excluding hydrogens is 426 g/mol. The average molecular weight is 458 g/mol. The molecule has 7 heteroatoms. The molecule has 1 atom stereocenters. The highest BCUT2D eigenvalue weighted by Gasteiger charge is 2.33. The lowest BCUT2D eigenvalue weighted by Crippen LogP contribution is -2.50. The highest BCUT2D eigenvalue weighted by molar-refractivity contribution is 6.32. The molecule has 0 bridgehead atoms. The van der Waals surface area contributed by atoms with Crippen molar-refractivity contribution >= 4 is 17.5 Å². The number of amides is 1. The van der Waals surface area contributed by atoms with Crippen molar-refractivity contribution in [2.45, 2.75) is 18.9 Å². The molecule has 1 N–H and O–H groups in total. The molecule has 0 aromatic heterocycles. The molecule has 1 saturated carbocycles. The number of halogens is 1. The van der Waals surface area contributed by atoms with Gasteiger partial charge < -0.3 is 14.8 Å². The summed E-state index contributed by atoms with van der Waals surface area (Å²) in [6.07, 6.45) is 2.35. The van der Waals surface area contributed by atoms with Crippen molar-refractivity contribution in [1.82, 2.24) is 15.1 Å². The third-order valence-corrected chi connectivity index (χ3v) is 6.53. The van der Waals surface area contributed by atoms with Crippen LogP contribution in [-0.4, -0.2) is 68.7 Å². The van der Waals surface area contributed by atoms with Crippen LogP contribution < -0.4 is 14.8 Å². The van der Waals surface area contributed by atoms with Crippen LogP contribution in [0, 0.1) is 5.92 Å². The molecule has 2 aliphatic rings. The van der Waals surface area contributed by atoms with Crippen LogP contribution in [0.25, 0.3) is 0 Å². The number of hydrogen-bond donors (Lipinski definition) is 1. The number of nitrogens with one attached hydrogen (secondary N) is 1. The van der Waals surface area contributed by atoms with E-state index in [0.29, 0.717) is 24.1 Å². The molecule has 2 aromatic carbocycles. The summed E-state index contributed by atoms with van der Waals surface area (Å²) in [7, 11) is 1.67. The second-order valence-corrected chi connectivity index (χ2v) is 8.96. The molecule has 2 aromatic rings. The molecule has 0 radical (unpaired) electrons.